The van der Waals surface area contributed by atoms with Gasteiger partial charge in [-0.1, -0.05) is 0 Å². The molecule has 5 nitrogen and oxygen atoms in total. The fraction of sp³-hybridized carbons (Fsp3) is 0.250. The highest BCUT2D eigenvalue weighted by molar-refractivity contribution is 8.01. The van der Waals surface area contributed by atoms with Crippen molar-refractivity contribution >= 4 is 40.6 Å². The van der Waals surface area contributed by atoms with Crippen LogP contribution in [0.5, 0.6) is 0 Å². The van der Waals surface area contributed by atoms with Crippen molar-refractivity contribution in [1.29, 1.82) is 0 Å². The first kappa shape index (κ1) is 11.6. The second-order valence-electron chi connectivity index (χ2n) is 3.01. The second-order valence-corrected chi connectivity index (χ2v) is 5.33. The highest BCUT2D eigenvalue weighted by Gasteiger charge is 2.11. The summed E-state index contributed by atoms with van der Waals surface area (Å²) in [7, 11) is 0. The largest absolute Gasteiger partial charge is 0.395 e. The van der Waals surface area contributed by atoms with E-state index in [9.17, 15) is 0 Å². The third-order valence-electron chi connectivity index (χ3n) is 1.77. The number of nitrogen functional groups attached to an aromatic ring is 1. The van der Waals surface area contributed by atoms with Crippen molar-refractivity contribution in [3.05, 3.63) is 16.8 Å². The fourth-order valence-electron chi connectivity index (χ4n) is 1.00. The van der Waals surface area contributed by atoms with Gasteiger partial charge in [-0.25, -0.2) is 15.0 Å². The molecule has 0 radical (unpaired) electrons. The number of halogens is 1. The SMILES string of the molecule is Cc1nsc(Sc2nc(Cl)nc(C)c2N)n1. The molecule has 2 N–H and O–H groups in total. The van der Waals surface area contributed by atoms with Crippen molar-refractivity contribution < 1.29 is 0 Å². The zero-order valence-corrected chi connectivity index (χ0v) is 10.9. The Morgan fingerprint density at radius 2 is 2.00 bits per heavy atom. The van der Waals surface area contributed by atoms with Crippen LogP contribution in [0.3, 0.4) is 0 Å². The predicted molar refractivity (Wildman–Crippen MR) is 65.0 cm³/mol. The van der Waals surface area contributed by atoms with E-state index >= 15 is 0 Å². The van der Waals surface area contributed by atoms with Crippen molar-refractivity contribution in [3.8, 4) is 0 Å². The van der Waals surface area contributed by atoms with Crippen molar-refractivity contribution in [2.45, 2.75) is 23.2 Å². The summed E-state index contributed by atoms with van der Waals surface area (Å²) in [5.74, 6) is 0.739. The molecule has 2 rings (SSSR count). The first-order valence-corrected chi connectivity index (χ1v) is 6.31. The Kier molecular flexibility index (Phi) is 3.27. The third kappa shape index (κ3) is 2.42. The molecule has 0 bridgehead atoms. The van der Waals surface area contributed by atoms with Gasteiger partial charge in [0.2, 0.25) is 5.28 Å². The van der Waals surface area contributed by atoms with Crippen LogP contribution in [0.1, 0.15) is 11.5 Å². The number of nitrogens with zero attached hydrogens (tertiary/aromatic N) is 4. The molecule has 2 heterocycles. The molecule has 0 aromatic carbocycles. The van der Waals surface area contributed by atoms with Crippen molar-refractivity contribution in [2.75, 3.05) is 5.73 Å². The van der Waals surface area contributed by atoms with Gasteiger partial charge in [0.1, 0.15) is 10.9 Å². The maximum absolute atomic E-state index is 5.86. The lowest BCUT2D eigenvalue weighted by Gasteiger charge is -2.04. The summed E-state index contributed by atoms with van der Waals surface area (Å²) in [4.78, 5) is 12.3. The van der Waals surface area contributed by atoms with Gasteiger partial charge >= 0.3 is 0 Å². The quantitative estimate of drug-likeness (QED) is 0.668. The summed E-state index contributed by atoms with van der Waals surface area (Å²) in [5.41, 5.74) is 7.06. The van der Waals surface area contributed by atoms with Gasteiger partial charge in [0, 0.05) is 0 Å². The van der Waals surface area contributed by atoms with Crippen LogP contribution in [0.15, 0.2) is 9.37 Å². The Labute approximate surface area is 106 Å². The van der Waals surface area contributed by atoms with Crippen LogP contribution >= 0.6 is 34.9 Å². The predicted octanol–water partition coefficient (Wildman–Crippen LogP) is 2.33. The van der Waals surface area contributed by atoms with E-state index in [1.165, 1.54) is 23.3 Å². The lowest BCUT2D eigenvalue weighted by atomic mass is 10.4. The molecule has 0 spiro atoms. The summed E-state index contributed by atoms with van der Waals surface area (Å²) < 4.78 is 4.87. The average Bonchev–Trinajstić information content (AvgIpc) is 2.60. The van der Waals surface area contributed by atoms with Gasteiger partial charge < -0.3 is 5.73 Å². The molecule has 0 saturated carbocycles. The van der Waals surface area contributed by atoms with E-state index in [1.54, 1.807) is 6.92 Å². The Bertz CT molecular complexity index is 527. The molecule has 16 heavy (non-hydrogen) atoms. The number of hydrogen-bond acceptors (Lipinski definition) is 7. The summed E-state index contributed by atoms with van der Waals surface area (Å²) >= 11 is 8.43. The highest BCUT2D eigenvalue weighted by Crippen LogP contribution is 2.32. The molecule has 0 aliphatic rings. The summed E-state index contributed by atoms with van der Waals surface area (Å²) in [6.45, 7) is 3.63. The first-order chi connectivity index (χ1) is 7.56. The van der Waals surface area contributed by atoms with E-state index in [1.807, 2.05) is 6.92 Å². The zero-order valence-electron chi connectivity index (χ0n) is 8.56. The van der Waals surface area contributed by atoms with Crippen LogP contribution in [-0.2, 0) is 0 Å². The average molecular weight is 274 g/mol. The minimum atomic E-state index is 0.190. The molecule has 2 aromatic heterocycles. The Morgan fingerprint density at radius 1 is 1.25 bits per heavy atom. The first-order valence-electron chi connectivity index (χ1n) is 4.34. The number of rotatable bonds is 2. The summed E-state index contributed by atoms with van der Waals surface area (Å²) in [5, 5.41) is 0.809. The van der Waals surface area contributed by atoms with Gasteiger partial charge in [-0.05, 0) is 48.7 Å². The lowest BCUT2D eigenvalue weighted by molar-refractivity contribution is 1.01. The Morgan fingerprint density at radius 3 is 2.62 bits per heavy atom. The van der Waals surface area contributed by atoms with Gasteiger partial charge in [0.25, 0.3) is 0 Å². The van der Waals surface area contributed by atoms with Crippen molar-refractivity contribution in [1.82, 2.24) is 19.3 Å². The summed E-state index contributed by atoms with van der Waals surface area (Å²) in [6, 6.07) is 0. The number of aryl methyl sites for hydroxylation is 2. The molecule has 84 valence electrons. The minimum Gasteiger partial charge on any atom is -0.395 e. The fourth-order valence-corrected chi connectivity index (χ4v) is 2.92. The molecule has 0 unspecified atom stereocenters. The second kappa shape index (κ2) is 4.52. The summed E-state index contributed by atoms with van der Waals surface area (Å²) in [6.07, 6.45) is 0. The van der Waals surface area contributed by atoms with E-state index in [4.69, 9.17) is 17.3 Å². The standard InChI is InChI=1S/C8H8ClN5S2/c1-3-5(10)6(13-7(9)11-3)15-8-12-4(2)14-16-8/h10H2,1-2H3. The van der Waals surface area contributed by atoms with Crippen LogP contribution < -0.4 is 5.73 Å². The monoisotopic (exact) mass is 273 g/mol. The molecule has 2 aromatic rings. The molecule has 0 saturated heterocycles. The van der Waals surface area contributed by atoms with Gasteiger partial charge in [0.05, 0.1) is 11.4 Å². The smallest absolute Gasteiger partial charge is 0.223 e. The van der Waals surface area contributed by atoms with E-state index in [0.29, 0.717) is 16.4 Å². The molecular formula is C8H8ClN5S2. The zero-order chi connectivity index (χ0) is 11.7. The van der Waals surface area contributed by atoms with E-state index in [2.05, 4.69) is 19.3 Å². The van der Waals surface area contributed by atoms with Gasteiger partial charge in [-0.2, -0.15) is 4.37 Å². The molecule has 0 aliphatic carbocycles. The number of aromatic nitrogens is 4. The highest BCUT2D eigenvalue weighted by atomic mass is 35.5. The molecule has 0 aliphatic heterocycles. The lowest BCUT2D eigenvalue weighted by Crippen LogP contribution is -1.99. The van der Waals surface area contributed by atoms with Crippen LogP contribution in [0, 0.1) is 13.8 Å². The van der Waals surface area contributed by atoms with E-state index in [0.717, 1.165) is 10.2 Å². The minimum absolute atomic E-state index is 0.190. The molecule has 0 fully saturated rings. The number of anilines is 1. The molecule has 0 atom stereocenters. The van der Waals surface area contributed by atoms with Gasteiger partial charge in [-0.3, -0.25) is 0 Å². The molecule has 0 amide bonds. The number of nitrogens with two attached hydrogens (primary N) is 1. The van der Waals surface area contributed by atoms with E-state index < -0.39 is 0 Å². The molecular weight excluding hydrogens is 266 g/mol. The van der Waals surface area contributed by atoms with Crippen LogP contribution in [-0.4, -0.2) is 19.3 Å². The van der Waals surface area contributed by atoms with Gasteiger partial charge in [-0.15, -0.1) is 0 Å². The maximum atomic E-state index is 5.86. The Balaban J connectivity index is 2.34. The van der Waals surface area contributed by atoms with E-state index in [-0.39, 0.29) is 5.28 Å². The molecule has 8 heteroatoms. The Hall–Kier alpha value is -0.920. The maximum Gasteiger partial charge on any atom is 0.223 e. The normalized spacial score (nSPS) is 10.7. The van der Waals surface area contributed by atoms with Crippen LogP contribution in [0.25, 0.3) is 0 Å². The van der Waals surface area contributed by atoms with Crippen LogP contribution in [0.2, 0.25) is 5.28 Å². The van der Waals surface area contributed by atoms with Crippen molar-refractivity contribution in [2.24, 2.45) is 0 Å². The van der Waals surface area contributed by atoms with Gasteiger partial charge in [0.15, 0.2) is 4.34 Å². The topological polar surface area (TPSA) is 77.6 Å². The van der Waals surface area contributed by atoms with Crippen LogP contribution in [0.4, 0.5) is 5.69 Å². The third-order valence-corrected chi connectivity index (χ3v) is 3.78. The van der Waals surface area contributed by atoms with Crippen molar-refractivity contribution in [3.63, 3.8) is 0 Å². The number of hydrogen-bond donors (Lipinski definition) is 1.